The SMILES string of the molecule is C#Cc1cc(C2=CC(c3cccc4c3CCC4C)=NC2)ccc1CC(C)C. The molecule has 1 aliphatic carbocycles. The molecule has 4 rings (SSSR count). The predicted octanol–water partition coefficient (Wildman–Crippen LogP) is 5.80. The van der Waals surface area contributed by atoms with Crippen LogP contribution in [-0.4, -0.2) is 12.3 Å². The summed E-state index contributed by atoms with van der Waals surface area (Å²) >= 11 is 0. The van der Waals surface area contributed by atoms with Crippen molar-refractivity contribution in [1.29, 1.82) is 0 Å². The molecule has 0 saturated heterocycles. The van der Waals surface area contributed by atoms with E-state index in [4.69, 9.17) is 11.4 Å². The molecule has 0 bridgehead atoms. The first-order chi connectivity index (χ1) is 13.1. The van der Waals surface area contributed by atoms with Crippen molar-refractivity contribution >= 4 is 11.3 Å². The van der Waals surface area contributed by atoms with E-state index in [1.807, 2.05) is 0 Å². The van der Waals surface area contributed by atoms with Crippen molar-refractivity contribution < 1.29 is 0 Å². The lowest BCUT2D eigenvalue weighted by atomic mass is 9.93. The van der Waals surface area contributed by atoms with E-state index in [0.717, 1.165) is 24.2 Å². The summed E-state index contributed by atoms with van der Waals surface area (Å²) in [6.07, 6.45) is 11.5. The van der Waals surface area contributed by atoms with E-state index < -0.39 is 0 Å². The molecular formula is C26H27N. The summed E-state index contributed by atoms with van der Waals surface area (Å²) in [6.45, 7) is 7.52. The van der Waals surface area contributed by atoms with Crippen LogP contribution in [0.5, 0.6) is 0 Å². The standard InChI is InChI=1S/C26H27N/c1-5-19-14-21(11-10-20(19)13-17(2)3)22-15-26(27-16-22)25-8-6-7-23-18(4)9-12-24(23)25/h1,6-8,10-11,14-15,17-18H,9,12-13,16H2,2-4H3. The number of hydrogen-bond acceptors (Lipinski definition) is 1. The third kappa shape index (κ3) is 3.37. The Morgan fingerprint density at radius 2 is 2.07 bits per heavy atom. The second kappa shape index (κ2) is 7.20. The largest absolute Gasteiger partial charge is 0.280 e. The monoisotopic (exact) mass is 353 g/mol. The van der Waals surface area contributed by atoms with E-state index in [1.165, 1.54) is 46.2 Å². The van der Waals surface area contributed by atoms with Crippen molar-refractivity contribution in [2.24, 2.45) is 10.9 Å². The maximum absolute atomic E-state index is 5.79. The lowest BCUT2D eigenvalue weighted by Gasteiger charge is -2.10. The molecule has 0 fully saturated rings. The molecule has 1 atom stereocenters. The van der Waals surface area contributed by atoms with Gasteiger partial charge in [0, 0.05) is 11.1 Å². The van der Waals surface area contributed by atoms with E-state index in [2.05, 4.69) is 69.2 Å². The van der Waals surface area contributed by atoms with Crippen LogP contribution in [0.2, 0.25) is 0 Å². The lowest BCUT2D eigenvalue weighted by molar-refractivity contribution is 0.646. The number of allylic oxidation sites excluding steroid dienone is 1. The topological polar surface area (TPSA) is 12.4 Å². The summed E-state index contributed by atoms with van der Waals surface area (Å²) in [5.41, 5.74) is 10.2. The molecule has 0 N–H and O–H groups in total. The van der Waals surface area contributed by atoms with Crippen LogP contribution in [0.4, 0.5) is 0 Å². The summed E-state index contributed by atoms with van der Waals surface area (Å²) in [5.74, 6) is 4.15. The number of hydrogen-bond donors (Lipinski definition) is 0. The summed E-state index contributed by atoms with van der Waals surface area (Å²) in [6, 6.07) is 13.3. The number of benzene rings is 2. The van der Waals surface area contributed by atoms with E-state index in [-0.39, 0.29) is 0 Å². The minimum absolute atomic E-state index is 0.603. The van der Waals surface area contributed by atoms with Crippen LogP contribution in [-0.2, 0) is 12.8 Å². The van der Waals surface area contributed by atoms with Crippen LogP contribution in [0.25, 0.3) is 5.57 Å². The first-order valence-corrected chi connectivity index (χ1v) is 10.0. The van der Waals surface area contributed by atoms with Crippen molar-refractivity contribution in [1.82, 2.24) is 0 Å². The molecule has 0 radical (unpaired) electrons. The number of nitrogens with zero attached hydrogens (tertiary/aromatic N) is 1. The van der Waals surface area contributed by atoms with Crippen molar-refractivity contribution in [3.8, 4) is 12.3 Å². The highest BCUT2D eigenvalue weighted by atomic mass is 14.8. The summed E-state index contributed by atoms with van der Waals surface area (Å²) in [5, 5.41) is 0. The summed E-state index contributed by atoms with van der Waals surface area (Å²) in [7, 11) is 0. The molecule has 0 saturated carbocycles. The van der Waals surface area contributed by atoms with E-state index in [1.54, 1.807) is 0 Å². The molecular weight excluding hydrogens is 326 g/mol. The molecule has 1 nitrogen and oxygen atoms in total. The Hall–Kier alpha value is -2.59. The maximum Gasteiger partial charge on any atom is 0.0657 e. The minimum Gasteiger partial charge on any atom is -0.280 e. The molecule has 1 aliphatic heterocycles. The lowest BCUT2D eigenvalue weighted by Crippen LogP contribution is -2.00. The highest BCUT2D eigenvalue weighted by Gasteiger charge is 2.23. The van der Waals surface area contributed by atoms with Gasteiger partial charge >= 0.3 is 0 Å². The van der Waals surface area contributed by atoms with Crippen LogP contribution < -0.4 is 0 Å². The van der Waals surface area contributed by atoms with Crippen molar-refractivity contribution in [3.63, 3.8) is 0 Å². The van der Waals surface area contributed by atoms with Gasteiger partial charge in [0.15, 0.2) is 0 Å². The van der Waals surface area contributed by atoms with Crippen molar-refractivity contribution in [2.45, 2.75) is 46.0 Å². The van der Waals surface area contributed by atoms with Gasteiger partial charge in [0.25, 0.3) is 0 Å². The first-order valence-electron chi connectivity index (χ1n) is 10.0. The minimum atomic E-state index is 0.603. The van der Waals surface area contributed by atoms with Crippen molar-refractivity contribution in [3.05, 3.63) is 75.9 Å². The fourth-order valence-electron chi connectivity index (χ4n) is 4.39. The number of aliphatic imine (C=N–C) groups is 1. The molecule has 1 heteroatoms. The number of terminal acetylenes is 1. The first kappa shape index (κ1) is 17.8. The average Bonchev–Trinajstić information content (AvgIpc) is 3.29. The van der Waals surface area contributed by atoms with Crippen molar-refractivity contribution in [2.75, 3.05) is 6.54 Å². The smallest absolute Gasteiger partial charge is 0.0657 e. The Balaban J connectivity index is 1.65. The highest BCUT2D eigenvalue weighted by molar-refractivity contribution is 6.15. The van der Waals surface area contributed by atoms with Gasteiger partial charge in [-0.2, -0.15) is 0 Å². The maximum atomic E-state index is 5.79. The second-order valence-corrected chi connectivity index (χ2v) is 8.30. The normalized spacial score (nSPS) is 18.3. The van der Waals surface area contributed by atoms with Gasteiger partial charge < -0.3 is 0 Å². The van der Waals surface area contributed by atoms with E-state index >= 15 is 0 Å². The molecule has 1 unspecified atom stereocenters. The summed E-state index contributed by atoms with van der Waals surface area (Å²) < 4.78 is 0. The van der Waals surface area contributed by atoms with E-state index in [9.17, 15) is 0 Å². The zero-order valence-corrected chi connectivity index (χ0v) is 16.5. The van der Waals surface area contributed by atoms with Gasteiger partial charge in [-0.1, -0.05) is 57.0 Å². The second-order valence-electron chi connectivity index (χ2n) is 8.30. The van der Waals surface area contributed by atoms with Gasteiger partial charge in [-0.25, -0.2) is 0 Å². The molecule has 2 aromatic carbocycles. The highest BCUT2D eigenvalue weighted by Crippen LogP contribution is 2.36. The van der Waals surface area contributed by atoms with Crippen LogP contribution in [0.1, 0.15) is 66.5 Å². The fourth-order valence-corrected chi connectivity index (χ4v) is 4.39. The third-order valence-electron chi connectivity index (χ3n) is 5.84. The average molecular weight is 354 g/mol. The van der Waals surface area contributed by atoms with Gasteiger partial charge in [0.2, 0.25) is 0 Å². The zero-order chi connectivity index (χ0) is 19.0. The molecule has 0 spiro atoms. The molecule has 2 aromatic rings. The quantitative estimate of drug-likeness (QED) is 0.616. The molecule has 0 amide bonds. The van der Waals surface area contributed by atoms with E-state index in [0.29, 0.717) is 11.8 Å². The third-order valence-corrected chi connectivity index (χ3v) is 5.84. The molecule has 2 aliphatic rings. The van der Waals surface area contributed by atoms with Crippen LogP contribution in [0.3, 0.4) is 0 Å². The molecule has 1 heterocycles. The Kier molecular flexibility index (Phi) is 4.75. The van der Waals surface area contributed by atoms with Crippen LogP contribution in [0, 0.1) is 18.3 Å². The molecule has 136 valence electrons. The zero-order valence-electron chi connectivity index (χ0n) is 16.5. The Morgan fingerprint density at radius 1 is 1.22 bits per heavy atom. The van der Waals surface area contributed by atoms with Crippen LogP contribution in [0.15, 0.2) is 47.5 Å². The van der Waals surface area contributed by atoms with Gasteiger partial charge in [-0.05, 0) is 71.1 Å². The van der Waals surface area contributed by atoms with Gasteiger partial charge in [0.1, 0.15) is 0 Å². The molecule has 0 aromatic heterocycles. The Bertz CT molecular complexity index is 982. The van der Waals surface area contributed by atoms with Crippen LogP contribution >= 0.6 is 0 Å². The molecule has 27 heavy (non-hydrogen) atoms. The Morgan fingerprint density at radius 3 is 2.85 bits per heavy atom. The van der Waals surface area contributed by atoms with Gasteiger partial charge in [-0.3, -0.25) is 4.99 Å². The fraction of sp³-hybridized carbons (Fsp3) is 0.346. The summed E-state index contributed by atoms with van der Waals surface area (Å²) in [4.78, 5) is 4.87. The number of rotatable bonds is 4. The van der Waals surface area contributed by atoms with Gasteiger partial charge in [-0.15, -0.1) is 6.42 Å². The predicted molar refractivity (Wildman–Crippen MR) is 115 cm³/mol. The van der Waals surface area contributed by atoms with Gasteiger partial charge in [0.05, 0.1) is 12.3 Å². The number of fused-ring (bicyclic) bond motifs is 1. The Labute approximate surface area is 163 Å².